The van der Waals surface area contributed by atoms with E-state index in [4.69, 9.17) is 5.10 Å². The Morgan fingerprint density at radius 1 is 1.09 bits per heavy atom. The topological polar surface area (TPSA) is 69.0 Å². The van der Waals surface area contributed by atoms with Crippen LogP contribution in [0.4, 0.5) is 5.82 Å². The Labute approximate surface area is 187 Å². The molecule has 8 nitrogen and oxygen atoms in total. The fourth-order valence-corrected chi connectivity index (χ4v) is 4.16. The molecule has 0 saturated carbocycles. The van der Waals surface area contributed by atoms with Crippen LogP contribution in [0.1, 0.15) is 11.4 Å². The molecule has 0 atom stereocenters. The number of carbonyl (C=O) groups is 1. The standard InChI is InChI=1S/C24H27N7O/c1-17-15-31-22(24(26-17)28(2)3)14-21(27-31)18-5-4-6-19-7-8-20(16-30(19)23(32)13-18)29-11-9-25-10-12-29/h4-8,13-16,25H,9-12H2,1-3H3/b5-4?,18-13?,19-6+. The smallest absolute Gasteiger partial charge is 0.255 e. The second-order valence-corrected chi connectivity index (χ2v) is 8.34. The van der Waals surface area contributed by atoms with E-state index < -0.39 is 0 Å². The summed E-state index contributed by atoms with van der Waals surface area (Å²) in [7, 11) is 3.93. The van der Waals surface area contributed by atoms with Crippen LogP contribution in [0.3, 0.4) is 0 Å². The number of allylic oxidation sites excluding steroid dienone is 6. The quantitative estimate of drug-likeness (QED) is 0.806. The highest BCUT2D eigenvalue weighted by atomic mass is 16.2. The molecule has 1 fully saturated rings. The minimum Gasteiger partial charge on any atom is -0.368 e. The van der Waals surface area contributed by atoms with Gasteiger partial charge in [-0.2, -0.15) is 5.10 Å². The van der Waals surface area contributed by atoms with Crippen molar-refractivity contribution in [2.24, 2.45) is 0 Å². The van der Waals surface area contributed by atoms with Crippen LogP contribution in [0.2, 0.25) is 0 Å². The van der Waals surface area contributed by atoms with Crippen molar-refractivity contribution in [3.63, 3.8) is 0 Å². The van der Waals surface area contributed by atoms with E-state index in [1.54, 1.807) is 11.0 Å². The highest BCUT2D eigenvalue weighted by Gasteiger charge is 2.22. The number of hydrogen-bond donors (Lipinski definition) is 1. The highest BCUT2D eigenvalue weighted by molar-refractivity contribution is 5.99. The summed E-state index contributed by atoms with van der Waals surface area (Å²) in [6.07, 6.45) is 15.4. The van der Waals surface area contributed by atoms with Crippen LogP contribution in [0.25, 0.3) is 11.1 Å². The van der Waals surface area contributed by atoms with Crippen LogP contribution in [0.5, 0.6) is 0 Å². The van der Waals surface area contributed by atoms with Gasteiger partial charge in [-0.05, 0) is 31.2 Å². The molecule has 3 aliphatic rings. The van der Waals surface area contributed by atoms with Gasteiger partial charge in [-0.25, -0.2) is 9.50 Å². The van der Waals surface area contributed by atoms with E-state index in [1.807, 2.05) is 73.2 Å². The fraction of sp³-hybridized carbons (Fsp3) is 0.292. The summed E-state index contributed by atoms with van der Waals surface area (Å²) in [6.45, 7) is 5.71. The number of aryl methyl sites for hydroxylation is 1. The molecule has 5 heterocycles. The van der Waals surface area contributed by atoms with Gasteiger partial charge in [0.25, 0.3) is 5.91 Å². The summed E-state index contributed by atoms with van der Waals surface area (Å²) in [5.41, 5.74) is 5.19. The third-order valence-electron chi connectivity index (χ3n) is 5.78. The molecule has 2 aromatic heterocycles. The predicted molar refractivity (Wildman–Crippen MR) is 126 cm³/mol. The number of aromatic nitrogens is 3. The SMILES string of the molecule is Cc1cn2nc(C3=CC(=O)N4C=C(N5CCNCC5)C=C/C4=C\C=C3)cc2c(N(C)C)n1. The maximum absolute atomic E-state index is 13.3. The van der Waals surface area contributed by atoms with Gasteiger partial charge >= 0.3 is 0 Å². The maximum atomic E-state index is 13.3. The monoisotopic (exact) mass is 429 g/mol. The molecule has 2 aromatic rings. The molecule has 3 aliphatic heterocycles. The summed E-state index contributed by atoms with van der Waals surface area (Å²) in [4.78, 5) is 23.9. The van der Waals surface area contributed by atoms with Crippen molar-refractivity contribution in [3.8, 4) is 0 Å². The number of hydrogen-bond acceptors (Lipinski definition) is 6. The van der Waals surface area contributed by atoms with E-state index in [0.29, 0.717) is 0 Å². The minimum absolute atomic E-state index is 0.0909. The van der Waals surface area contributed by atoms with E-state index in [0.717, 1.165) is 65.9 Å². The Bertz CT molecular complexity index is 1220. The first-order valence-corrected chi connectivity index (χ1v) is 10.8. The summed E-state index contributed by atoms with van der Waals surface area (Å²) >= 11 is 0. The molecule has 1 N–H and O–H groups in total. The van der Waals surface area contributed by atoms with Crippen molar-refractivity contribution in [1.29, 1.82) is 0 Å². The normalized spacial score (nSPS) is 20.3. The number of carbonyl (C=O) groups excluding carboxylic acids is 1. The van der Waals surface area contributed by atoms with Crippen LogP contribution in [0, 0.1) is 6.92 Å². The van der Waals surface area contributed by atoms with Crippen molar-refractivity contribution < 1.29 is 4.79 Å². The van der Waals surface area contributed by atoms with Gasteiger partial charge in [0.2, 0.25) is 0 Å². The zero-order valence-corrected chi connectivity index (χ0v) is 18.6. The van der Waals surface area contributed by atoms with Crippen LogP contribution in [0.15, 0.2) is 66.3 Å². The lowest BCUT2D eigenvalue weighted by Gasteiger charge is -2.33. The Morgan fingerprint density at radius 3 is 2.66 bits per heavy atom. The number of piperazine rings is 1. The zero-order valence-electron chi connectivity index (χ0n) is 18.6. The molecule has 8 heteroatoms. The van der Waals surface area contributed by atoms with E-state index in [-0.39, 0.29) is 5.91 Å². The second-order valence-electron chi connectivity index (χ2n) is 8.34. The zero-order chi connectivity index (χ0) is 22.2. The Balaban J connectivity index is 1.51. The van der Waals surface area contributed by atoms with Crippen LogP contribution in [-0.2, 0) is 4.79 Å². The Kier molecular flexibility index (Phi) is 5.14. The summed E-state index contributed by atoms with van der Waals surface area (Å²) in [5.74, 6) is 0.754. The van der Waals surface area contributed by atoms with Gasteiger partial charge in [-0.15, -0.1) is 0 Å². The molecule has 1 amide bonds. The number of amides is 1. The van der Waals surface area contributed by atoms with Gasteiger partial charge in [-0.3, -0.25) is 9.69 Å². The third-order valence-corrected chi connectivity index (χ3v) is 5.78. The molecule has 32 heavy (non-hydrogen) atoms. The van der Waals surface area contributed by atoms with E-state index >= 15 is 0 Å². The lowest BCUT2D eigenvalue weighted by Crippen LogP contribution is -2.43. The van der Waals surface area contributed by atoms with Crippen LogP contribution >= 0.6 is 0 Å². The minimum atomic E-state index is -0.0909. The number of nitrogens with one attached hydrogen (secondary N) is 1. The molecule has 5 rings (SSSR count). The lowest BCUT2D eigenvalue weighted by molar-refractivity contribution is -0.122. The van der Waals surface area contributed by atoms with E-state index in [9.17, 15) is 4.79 Å². The molecule has 0 unspecified atom stereocenters. The van der Waals surface area contributed by atoms with Gasteiger partial charge in [0, 0.05) is 63.8 Å². The first-order chi connectivity index (χ1) is 15.5. The van der Waals surface area contributed by atoms with Gasteiger partial charge in [0.1, 0.15) is 5.52 Å². The summed E-state index contributed by atoms with van der Waals surface area (Å²) < 4.78 is 1.83. The molecular weight excluding hydrogens is 402 g/mol. The van der Waals surface area contributed by atoms with E-state index in [2.05, 4.69) is 21.3 Å². The number of nitrogens with zero attached hydrogens (tertiary/aromatic N) is 6. The van der Waals surface area contributed by atoms with Crippen LogP contribution < -0.4 is 10.2 Å². The van der Waals surface area contributed by atoms with Crippen molar-refractivity contribution in [3.05, 3.63) is 77.7 Å². The van der Waals surface area contributed by atoms with Crippen molar-refractivity contribution in [1.82, 2.24) is 29.7 Å². The molecule has 1 saturated heterocycles. The van der Waals surface area contributed by atoms with Gasteiger partial charge in [0.15, 0.2) is 5.82 Å². The Hall–Kier alpha value is -3.65. The van der Waals surface area contributed by atoms with E-state index in [1.165, 1.54) is 0 Å². The molecule has 164 valence electrons. The largest absolute Gasteiger partial charge is 0.368 e. The number of fused-ring (bicyclic) bond motifs is 2. The molecule has 0 radical (unpaired) electrons. The first kappa shape index (κ1) is 20.3. The third kappa shape index (κ3) is 3.73. The van der Waals surface area contributed by atoms with Crippen molar-refractivity contribution in [2.75, 3.05) is 45.2 Å². The first-order valence-electron chi connectivity index (χ1n) is 10.8. The second kappa shape index (κ2) is 8.12. The fourth-order valence-electron chi connectivity index (χ4n) is 4.16. The lowest BCUT2D eigenvalue weighted by atomic mass is 10.1. The average Bonchev–Trinajstić information content (AvgIpc) is 3.20. The molecular formula is C24H27N7O. The van der Waals surface area contributed by atoms with Gasteiger partial charge in [-0.1, -0.05) is 12.2 Å². The summed E-state index contributed by atoms with van der Waals surface area (Å²) in [5, 5.41) is 8.10. The van der Waals surface area contributed by atoms with Crippen molar-refractivity contribution in [2.45, 2.75) is 6.92 Å². The van der Waals surface area contributed by atoms with Crippen LogP contribution in [-0.4, -0.2) is 70.6 Å². The van der Waals surface area contributed by atoms with Gasteiger partial charge in [0.05, 0.1) is 23.3 Å². The number of rotatable bonds is 3. The molecule has 0 aromatic carbocycles. The summed E-state index contributed by atoms with van der Waals surface area (Å²) in [6, 6.07) is 1.98. The Morgan fingerprint density at radius 2 is 1.88 bits per heavy atom. The highest BCUT2D eigenvalue weighted by Crippen LogP contribution is 2.27. The van der Waals surface area contributed by atoms with Crippen molar-refractivity contribution >= 4 is 22.8 Å². The maximum Gasteiger partial charge on any atom is 0.255 e. The molecule has 0 spiro atoms. The van der Waals surface area contributed by atoms with Gasteiger partial charge < -0.3 is 15.1 Å². The predicted octanol–water partition coefficient (Wildman–Crippen LogP) is 2.09. The molecule has 0 aliphatic carbocycles. The average molecular weight is 430 g/mol. The molecule has 0 bridgehead atoms. The number of anilines is 1.